The van der Waals surface area contributed by atoms with Crippen molar-refractivity contribution < 1.29 is 14.3 Å². The molecule has 0 aliphatic carbocycles. The van der Waals surface area contributed by atoms with E-state index in [0.717, 1.165) is 0 Å². The first-order valence-corrected chi connectivity index (χ1v) is 6.36. The lowest BCUT2D eigenvalue weighted by molar-refractivity contribution is -0.123. The van der Waals surface area contributed by atoms with Crippen LogP contribution in [0.3, 0.4) is 0 Å². The minimum atomic E-state index is -0.899. The normalized spacial score (nSPS) is 11.6. The van der Waals surface area contributed by atoms with Crippen LogP contribution in [0.25, 0.3) is 0 Å². The summed E-state index contributed by atoms with van der Waals surface area (Å²) in [6.07, 6.45) is 3.64. The van der Waals surface area contributed by atoms with Crippen LogP contribution >= 0.6 is 11.3 Å². The van der Waals surface area contributed by atoms with E-state index in [0.29, 0.717) is 10.7 Å². The van der Waals surface area contributed by atoms with Crippen molar-refractivity contribution in [1.82, 2.24) is 9.97 Å². The predicted molar refractivity (Wildman–Crippen MR) is 69.9 cm³/mol. The summed E-state index contributed by atoms with van der Waals surface area (Å²) in [5.74, 6) is -0.985. The van der Waals surface area contributed by atoms with Gasteiger partial charge in [-0.2, -0.15) is 0 Å². The molecule has 1 amide bonds. The maximum atomic E-state index is 11.7. The summed E-state index contributed by atoms with van der Waals surface area (Å²) in [6, 6.07) is 3.04. The SMILES string of the molecule is CC(OC(=O)c1ccncc1)C(=O)Nc1nccs1. The van der Waals surface area contributed by atoms with Crippen molar-refractivity contribution in [2.75, 3.05) is 5.32 Å². The molecule has 19 heavy (non-hydrogen) atoms. The fourth-order valence-corrected chi connectivity index (χ4v) is 1.79. The van der Waals surface area contributed by atoms with Crippen LogP contribution in [0.1, 0.15) is 17.3 Å². The Balaban J connectivity index is 1.92. The number of hydrogen-bond acceptors (Lipinski definition) is 6. The van der Waals surface area contributed by atoms with Gasteiger partial charge in [0.05, 0.1) is 5.56 Å². The molecule has 1 unspecified atom stereocenters. The smallest absolute Gasteiger partial charge is 0.339 e. The van der Waals surface area contributed by atoms with E-state index >= 15 is 0 Å². The molecule has 2 aromatic heterocycles. The van der Waals surface area contributed by atoms with E-state index in [-0.39, 0.29) is 0 Å². The summed E-state index contributed by atoms with van der Waals surface area (Å²) in [6.45, 7) is 1.50. The highest BCUT2D eigenvalue weighted by atomic mass is 32.1. The van der Waals surface area contributed by atoms with Gasteiger partial charge in [0.1, 0.15) is 0 Å². The third kappa shape index (κ3) is 3.59. The van der Waals surface area contributed by atoms with Crippen LogP contribution in [0.2, 0.25) is 0 Å². The molecular formula is C12H11N3O3S. The number of nitrogens with one attached hydrogen (secondary N) is 1. The van der Waals surface area contributed by atoms with Crippen LogP contribution in [0.15, 0.2) is 36.1 Å². The molecule has 0 saturated carbocycles. The second-order valence-corrected chi connectivity index (χ2v) is 4.50. The molecule has 2 rings (SSSR count). The second kappa shape index (κ2) is 6.05. The van der Waals surface area contributed by atoms with Crippen LogP contribution in [0.5, 0.6) is 0 Å². The summed E-state index contributed by atoms with van der Waals surface area (Å²) >= 11 is 1.29. The van der Waals surface area contributed by atoms with Gasteiger partial charge < -0.3 is 4.74 Å². The topological polar surface area (TPSA) is 81.2 Å². The van der Waals surface area contributed by atoms with Gasteiger partial charge in [0.15, 0.2) is 11.2 Å². The lowest BCUT2D eigenvalue weighted by atomic mass is 10.3. The highest BCUT2D eigenvalue weighted by molar-refractivity contribution is 7.13. The molecule has 7 heteroatoms. The van der Waals surface area contributed by atoms with Crippen molar-refractivity contribution >= 4 is 28.3 Å². The quantitative estimate of drug-likeness (QED) is 0.861. The number of amides is 1. The van der Waals surface area contributed by atoms with E-state index in [1.54, 1.807) is 11.6 Å². The molecule has 0 aromatic carbocycles. The summed E-state index contributed by atoms with van der Waals surface area (Å²) in [7, 11) is 0. The first-order valence-electron chi connectivity index (χ1n) is 5.48. The Morgan fingerprint density at radius 1 is 1.32 bits per heavy atom. The van der Waals surface area contributed by atoms with E-state index in [2.05, 4.69) is 15.3 Å². The fraction of sp³-hybridized carbons (Fsp3) is 0.167. The maximum Gasteiger partial charge on any atom is 0.339 e. The molecule has 0 fully saturated rings. The number of carbonyl (C=O) groups excluding carboxylic acids is 2. The summed E-state index contributed by atoms with van der Waals surface area (Å²) < 4.78 is 5.05. The van der Waals surface area contributed by atoms with Gasteiger partial charge in [-0.1, -0.05) is 0 Å². The van der Waals surface area contributed by atoms with Crippen LogP contribution in [-0.2, 0) is 9.53 Å². The van der Waals surface area contributed by atoms with Crippen LogP contribution in [0.4, 0.5) is 5.13 Å². The molecule has 1 atom stereocenters. The van der Waals surface area contributed by atoms with Crippen LogP contribution in [-0.4, -0.2) is 27.9 Å². The Kier molecular flexibility index (Phi) is 4.19. The van der Waals surface area contributed by atoms with Gasteiger partial charge in [0, 0.05) is 24.0 Å². The summed E-state index contributed by atoms with van der Waals surface area (Å²) in [5, 5.41) is 4.77. The second-order valence-electron chi connectivity index (χ2n) is 3.61. The molecule has 6 nitrogen and oxygen atoms in total. The molecule has 0 spiro atoms. The Hall–Kier alpha value is -2.28. The maximum absolute atomic E-state index is 11.7. The molecule has 1 N–H and O–H groups in total. The number of anilines is 1. The van der Waals surface area contributed by atoms with Crippen molar-refractivity contribution in [3.05, 3.63) is 41.7 Å². The van der Waals surface area contributed by atoms with Crippen molar-refractivity contribution in [3.63, 3.8) is 0 Å². The Morgan fingerprint density at radius 2 is 2.05 bits per heavy atom. The third-order valence-electron chi connectivity index (χ3n) is 2.23. The lowest BCUT2D eigenvalue weighted by Crippen LogP contribution is -2.29. The third-order valence-corrected chi connectivity index (χ3v) is 2.92. The highest BCUT2D eigenvalue weighted by Crippen LogP contribution is 2.11. The Labute approximate surface area is 113 Å². The molecular weight excluding hydrogens is 266 g/mol. The fourth-order valence-electron chi connectivity index (χ4n) is 1.26. The van der Waals surface area contributed by atoms with E-state index in [1.807, 2.05) is 0 Å². The number of nitrogens with zero attached hydrogens (tertiary/aromatic N) is 2. The molecule has 0 radical (unpaired) electrons. The number of aromatic nitrogens is 2. The molecule has 2 heterocycles. The zero-order chi connectivity index (χ0) is 13.7. The van der Waals surface area contributed by atoms with E-state index < -0.39 is 18.0 Å². The number of pyridine rings is 1. The van der Waals surface area contributed by atoms with E-state index in [1.165, 1.54) is 42.8 Å². The van der Waals surface area contributed by atoms with Gasteiger partial charge in [0.2, 0.25) is 0 Å². The molecule has 0 aliphatic heterocycles. The van der Waals surface area contributed by atoms with Crippen molar-refractivity contribution in [3.8, 4) is 0 Å². The van der Waals surface area contributed by atoms with E-state index in [4.69, 9.17) is 4.74 Å². The predicted octanol–water partition coefficient (Wildman–Crippen LogP) is 1.72. The van der Waals surface area contributed by atoms with Crippen molar-refractivity contribution in [2.45, 2.75) is 13.0 Å². The number of carbonyl (C=O) groups is 2. The number of rotatable bonds is 4. The van der Waals surface area contributed by atoms with Gasteiger partial charge >= 0.3 is 5.97 Å². The molecule has 0 bridgehead atoms. The molecule has 0 aliphatic rings. The van der Waals surface area contributed by atoms with Gasteiger partial charge in [0.25, 0.3) is 5.91 Å². The average Bonchev–Trinajstić information content (AvgIpc) is 2.92. The van der Waals surface area contributed by atoms with Gasteiger partial charge in [-0.15, -0.1) is 11.3 Å². The molecule has 98 valence electrons. The molecule has 2 aromatic rings. The van der Waals surface area contributed by atoms with Gasteiger partial charge in [-0.25, -0.2) is 9.78 Å². The van der Waals surface area contributed by atoms with Crippen LogP contribution < -0.4 is 5.32 Å². The standard InChI is InChI=1S/C12H11N3O3S/c1-8(10(16)15-12-14-6-7-19-12)18-11(17)9-2-4-13-5-3-9/h2-8H,1H3,(H,14,15,16). The zero-order valence-electron chi connectivity index (χ0n) is 10.1. The summed E-state index contributed by atoms with van der Waals surface area (Å²) in [4.78, 5) is 31.2. The van der Waals surface area contributed by atoms with Gasteiger partial charge in [-0.3, -0.25) is 15.1 Å². The van der Waals surface area contributed by atoms with Crippen molar-refractivity contribution in [2.24, 2.45) is 0 Å². The Morgan fingerprint density at radius 3 is 2.68 bits per heavy atom. The lowest BCUT2D eigenvalue weighted by Gasteiger charge is -2.12. The average molecular weight is 277 g/mol. The highest BCUT2D eigenvalue weighted by Gasteiger charge is 2.19. The largest absolute Gasteiger partial charge is 0.449 e. The van der Waals surface area contributed by atoms with E-state index in [9.17, 15) is 9.59 Å². The minimum Gasteiger partial charge on any atom is -0.449 e. The van der Waals surface area contributed by atoms with Crippen molar-refractivity contribution in [1.29, 1.82) is 0 Å². The van der Waals surface area contributed by atoms with Crippen LogP contribution in [0, 0.1) is 0 Å². The first kappa shape index (κ1) is 13.2. The number of thiazole rings is 1. The minimum absolute atomic E-state index is 0.351. The Bertz CT molecular complexity index is 557. The molecule has 0 saturated heterocycles. The summed E-state index contributed by atoms with van der Waals surface area (Å²) in [5.41, 5.74) is 0.351. The zero-order valence-corrected chi connectivity index (χ0v) is 10.9. The number of esters is 1. The van der Waals surface area contributed by atoms with Gasteiger partial charge in [-0.05, 0) is 19.1 Å². The number of ether oxygens (including phenoxy) is 1. The first-order chi connectivity index (χ1) is 9.16. The number of hydrogen-bond donors (Lipinski definition) is 1. The monoisotopic (exact) mass is 277 g/mol.